The van der Waals surface area contributed by atoms with Gasteiger partial charge < -0.3 is 14.4 Å². The molecular weight excluding hydrogens is 270 g/mol. The van der Waals surface area contributed by atoms with Gasteiger partial charge >= 0.3 is 5.97 Å². The molecule has 0 atom stereocenters. The van der Waals surface area contributed by atoms with Crippen molar-refractivity contribution in [3.05, 3.63) is 42.5 Å². The molecule has 1 aromatic carbocycles. The summed E-state index contributed by atoms with van der Waals surface area (Å²) < 4.78 is 9.93. The third-order valence-corrected chi connectivity index (χ3v) is 2.86. The lowest BCUT2D eigenvalue weighted by atomic mass is 10.2. The Labute approximate surface area is 125 Å². The highest BCUT2D eigenvalue weighted by Crippen LogP contribution is 2.13. The Morgan fingerprint density at radius 1 is 1.29 bits per heavy atom. The van der Waals surface area contributed by atoms with E-state index in [0.29, 0.717) is 31.0 Å². The van der Waals surface area contributed by atoms with Crippen LogP contribution in [0.5, 0.6) is 5.75 Å². The molecule has 1 amide bonds. The van der Waals surface area contributed by atoms with Gasteiger partial charge in [0.25, 0.3) is 5.91 Å². The van der Waals surface area contributed by atoms with Gasteiger partial charge in [-0.25, -0.2) is 0 Å². The number of methoxy groups -OCH3 is 1. The standard InChI is InChI=1S/C16H21NO4/c1-4-11-17(12-10-15(18)21-5-2)16(19)13-6-8-14(20-3)9-7-13/h4,6-9H,1,5,10-12H2,2-3H3. The zero-order valence-electron chi connectivity index (χ0n) is 12.5. The number of ether oxygens (including phenoxy) is 2. The minimum Gasteiger partial charge on any atom is -0.497 e. The highest BCUT2D eigenvalue weighted by molar-refractivity contribution is 5.94. The van der Waals surface area contributed by atoms with Crippen LogP contribution in [-0.2, 0) is 9.53 Å². The van der Waals surface area contributed by atoms with Gasteiger partial charge in [0, 0.05) is 18.7 Å². The molecule has 0 heterocycles. The van der Waals surface area contributed by atoms with Crippen molar-refractivity contribution in [3.8, 4) is 5.75 Å². The van der Waals surface area contributed by atoms with E-state index in [4.69, 9.17) is 9.47 Å². The molecule has 0 fully saturated rings. The van der Waals surface area contributed by atoms with Crippen molar-refractivity contribution in [2.45, 2.75) is 13.3 Å². The third-order valence-electron chi connectivity index (χ3n) is 2.86. The second-order valence-electron chi connectivity index (χ2n) is 4.32. The van der Waals surface area contributed by atoms with E-state index in [1.54, 1.807) is 49.3 Å². The fourth-order valence-electron chi connectivity index (χ4n) is 1.81. The summed E-state index contributed by atoms with van der Waals surface area (Å²) in [6.45, 7) is 6.41. The first-order valence-corrected chi connectivity index (χ1v) is 6.82. The van der Waals surface area contributed by atoms with Crippen molar-refractivity contribution in [2.24, 2.45) is 0 Å². The second-order valence-corrected chi connectivity index (χ2v) is 4.32. The molecule has 114 valence electrons. The molecule has 0 spiro atoms. The lowest BCUT2D eigenvalue weighted by Crippen LogP contribution is -2.33. The van der Waals surface area contributed by atoms with Gasteiger partial charge in [0.15, 0.2) is 0 Å². The van der Waals surface area contributed by atoms with Crippen LogP contribution in [0.1, 0.15) is 23.7 Å². The molecule has 1 aromatic rings. The van der Waals surface area contributed by atoms with Crippen LogP contribution in [-0.4, -0.2) is 43.6 Å². The fraction of sp³-hybridized carbons (Fsp3) is 0.375. The van der Waals surface area contributed by atoms with Crippen LogP contribution in [0.25, 0.3) is 0 Å². The summed E-state index contributed by atoms with van der Waals surface area (Å²) in [7, 11) is 1.57. The Bertz CT molecular complexity index is 482. The van der Waals surface area contributed by atoms with Gasteiger partial charge in [-0.15, -0.1) is 6.58 Å². The molecule has 1 rings (SSSR count). The first kappa shape index (κ1) is 16.8. The van der Waals surface area contributed by atoms with E-state index in [0.717, 1.165) is 0 Å². The lowest BCUT2D eigenvalue weighted by molar-refractivity contribution is -0.143. The number of amides is 1. The van der Waals surface area contributed by atoms with Gasteiger partial charge in [-0.2, -0.15) is 0 Å². The van der Waals surface area contributed by atoms with Crippen molar-refractivity contribution in [2.75, 3.05) is 26.8 Å². The van der Waals surface area contributed by atoms with Gasteiger partial charge in [0.05, 0.1) is 20.1 Å². The van der Waals surface area contributed by atoms with Crippen molar-refractivity contribution in [1.82, 2.24) is 4.90 Å². The average molecular weight is 291 g/mol. The lowest BCUT2D eigenvalue weighted by Gasteiger charge is -2.20. The Morgan fingerprint density at radius 3 is 2.48 bits per heavy atom. The second kappa shape index (κ2) is 8.79. The molecule has 0 unspecified atom stereocenters. The van der Waals surface area contributed by atoms with Gasteiger partial charge in [0.1, 0.15) is 5.75 Å². The van der Waals surface area contributed by atoms with Crippen LogP contribution in [0.2, 0.25) is 0 Å². The van der Waals surface area contributed by atoms with E-state index in [9.17, 15) is 9.59 Å². The molecule has 5 nitrogen and oxygen atoms in total. The van der Waals surface area contributed by atoms with Gasteiger partial charge in [-0.05, 0) is 31.2 Å². The van der Waals surface area contributed by atoms with Gasteiger partial charge in [0.2, 0.25) is 0 Å². The van der Waals surface area contributed by atoms with Crippen molar-refractivity contribution >= 4 is 11.9 Å². The monoisotopic (exact) mass is 291 g/mol. The van der Waals surface area contributed by atoms with E-state index >= 15 is 0 Å². The summed E-state index contributed by atoms with van der Waals surface area (Å²) in [6.07, 6.45) is 1.80. The van der Waals surface area contributed by atoms with Gasteiger partial charge in [-0.1, -0.05) is 6.08 Å². The molecule has 0 aliphatic carbocycles. The Kier molecular flexibility index (Phi) is 7.01. The molecule has 5 heteroatoms. The van der Waals surface area contributed by atoms with E-state index in [-0.39, 0.29) is 18.3 Å². The fourth-order valence-corrected chi connectivity index (χ4v) is 1.81. The molecule has 21 heavy (non-hydrogen) atoms. The summed E-state index contributed by atoms with van der Waals surface area (Å²) in [5.74, 6) is 0.226. The summed E-state index contributed by atoms with van der Waals surface area (Å²) in [4.78, 5) is 25.3. The van der Waals surface area contributed by atoms with E-state index in [1.165, 1.54) is 0 Å². The number of rotatable bonds is 8. The number of carbonyl (C=O) groups is 2. The predicted octanol–water partition coefficient (Wildman–Crippen LogP) is 2.28. The molecule has 0 bridgehead atoms. The summed E-state index contributed by atoms with van der Waals surface area (Å²) in [5, 5.41) is 0. The minimum atomic E-state index is -0.311. The summed E-state index contributed by atoms with van der Waals surface area (Å²) in [6, 6.07) is 6.85. The first-order chi connectivity index (χ1) is 10.1. The number of hydrogen-bond acceptors (Lipinski definition) is 4. The number of nitrogens with zero attached hydrogens (tertiary/aromatic N) is 1. The van der Waals surface area contributed by atoms with Crippen LogP contribution >= 0.6 is 0 Å². The average Bonchev–Trinajstić information content (AvgIpc) is 2.51. The van der Waals surface area contributed by atoms with Crippen LogP contribution in [0, 0.1) is 0 Å². The van der Waals surface area contributed by atoms with Crippen LogP contribution < -0.4 is 4.74 Å². The van der Waals surface area contributed by atoms with E-state index < -0.39 is 0 Å². The van der Waals surface area contributed by atoms with Crippen molar-refractivity contribution < 1.29 is 19.1 Å². The molecule has 0 saturated heterocycles. The Morgan fingerprint density at radius 2 is 1.95 bits per heavy atom. The van der Waals surface area contributed by atoms with Crippen LogP contribution in [0.15, 0.2) is 36.9 Å². The summed E-state index contributed by atoms with van der Waals surface area (Å²) in [5.41, 5.74) is 0.543. The molecule has 0 N–H and O–H groups in total. The SMILES string of the molecule is C=CCN(CCC(=O)OCC)C(=O)c1ccc(OC)cc1. The largest absolute Gasteiger partial charge is 0.497 e. The molecular formula is C16H21NO4. The molecule has 0 aromatic heterocycles. The predicted molar refractivity (Wildman–Crippen MR) is 80.3 cm³/mol. The minimum absolute atomic E-state index is 0.151. The molecule has 0 saturated carbocycles. The maximum Gasteiger partial charge on any atom is 0.307 e. The molecule has 0 aliphatic heterocycles. The van der Waals surface area contributed by atoms with E-state index in [1.807, 2.05) is 0 Å². The van der Waals surface area contributed by atoms with E-state index in [2.05, 4.69) is 6.58 Å². The molecule has 0 radical (unpaired) electrons. The third kappa shape index (κ3) is 5.30. The maximum atomic E-state index is 12.4. The Hall–Kier alpha value is -2.30. The highest BCUT2D eigenvalue weighted by Gasteiger charge is 2.16. The highest BCUT2D eigenvalue weighted by atomic mass is 16.5. The maximum absolute atomic E-state index is 12.4. The first-order valence-electron chi connectivity index (χ1n) is 6.82. The number of esters is 1. The normalized spacial score (nSPS) is 9.81. The Balaban J connectivity index is 2.71. The van der Waals surface area contributed by atoms with Crippen molar-refractivity contribution in [3.63, 3.8) is 0 Å². The number of hydrogen-bond donors (Lipinski definition) is 0. The topological polar surface area (TPSA) is 55.8 Å². The molecule has 0 aliphatic rings. The smallest absolute Gasteiger partial charge is 0.307 e. The zero-order valence-corrected chi connectivity index (χ0v) is 12.5. The van der Waals surface area contributed by atoms with Crippen LogP contribution in [0.4, 0.5) is 0 Å². The van der Waals surface area contributed by atoms with Gasteiger partial charge in [-0.3, -0.25) is 9.59 Å². The quantitative estimate of drug-likeness (QED) is 0.544. The summed E-state index contributed by atoms with van der Waals surface area (Å²) >= 11 is 0. The zero-order chi connectivity index (χ0) is 15.7. The van der Waals surface area contributed by atoms with Crippen molar-refractivity contribution in [1.29, 1.82) is 0 Å². The number of carbonyl (C=O) groups excluding carboxylic acids is 2. The van der Waals surface area contributed by atoms with Crippen LogP contribution in [0.3, 0.4) is 0 Å². The number of benzene rings is 1.